The van der Waals surface area contributed by atoms with Crippen LogP contribution in [0.1, 0.15) is 0 Å². The first-order valence-electron chi connectivity index (χ1n) is 5.33. The first-order valence-corrected chi connectivity index (χ1v) is 7.30. The summed E-state index contributed by atoms with van der Waals surface area (Å²) in [5.41, 5.74) is 0. The number of carbonyl (C=O) groups is 2. The second kappa shape index (κ2) is 3.78. The molecule has 0 aromatic rings. The quantitative estimate of drug-likeness (QED) is 0.706. The minimum absolute atomic E-state index is 0.438. The molecule has 0 aliphatic carbocycles. The summed E-state index contributed by atoms with van der Waals surface area (Å²) in [6.45, 7) is 1.28. The van der Waals surface area contributed by atoms with E-state index >= 15 is 0 Å². The molecule has 3 heterocycles. The summed E-state index contributed by atoms with van der Waals surface area (Å²) in [5, 5.41) is 18.3. The van der Waals surface area contributed by atoms with Crippen LogP contribution in [0, 0.1) is 0 Å². The highest BCUT2D eigenvalue weighted by atomic mass is 32.2. The molecule has 3 rings (SSSR count). The molecule has 0 amide bonds. The standard InChI is InChI=1S/C9H12N2O4S2/c12-7(13)5-3-16-9-10(5)1-2-11(9)6(4-17-9)8(14)15/h5-6H,1-4H2,(H,12,13)(H,14,15). The van der Waals surface area contributed by atoms with Gasteiger partial charge in [-0.25, -0.2) is 0 Å². The van der Waals surface area contributed by atoms with Crippen molar-refractivity contribution in [3.8, 4) is 0 Å². The van der Waals surface area contributed by atoms with Crippen LogP contribution in [0.4, 0.5) is 0 Å². The Kier molecular flexibility index (Phi) is 2.58. The monoisotopic (exact) mass is 276 g/mol. The molecule has 3 aliphatic heterocycles. The van der Waals surface area contributed by atoms with Gasteiger partial charge in [0, 0.05) is 24.6 Å². The van der Waals surface area contributed by atoms with Crippen LogP contribution >= 0.6 is 23.5 Å². The van der Waals surface area contributed by atoms with Crippen molar-refractivity contribution in [3.05, 3.63) is 0 Å². The maximum Gasteiger partial charge on any atom is 0.321 e. The molecule has 3 fully saturated rings. The van der Waals surface area contributed by atoms with Crippen LogP contribution in [0.15, 0.2) is 0 Å². The van der Waals surface area contributed by atoms with E-state index in [4.69, 9.17) is 10.2 Å². The summed E-state index contributed by atoms with van der Waals surface area (Å²) in [5.74, 6) is -0.553. The highest BCUT2D eigenvalue weighted by Crippen LogP contribution is 2.57. The minimum Gasteiger partial charge on any atom is -0.480 e. The van der Waals surface area contributed by atoms with E-state index in [1.807, 2.05) is 9.80 Å². The van der Waals surface area contributed by atoms with Gasteiger partial charge >= 0.3 is 11.9 Å². The molecule has 6 nitrogen and oxygen atoms in total. The van der Waals surface area contributed by atoms with E-state index in [-0.39, 0.29) is 0 Å². The molecule has 2 atom stereocenters. The normalized spacial score (nSPS) is 41.4. The summed E-state index contributed by atoms with van der Waals surface area (Å²) >= 11 is 3.12. The zero-order valence-corrected chi connectivity index (χ0v) is 10.5. The van der Waals surface area contributed by atoms with Crippen LogP contribution in [0.25, 0.3) is 0 Å². The van der Waals surface area contributed by atoms with Crippen LogP contribution in [-0.4, -0.2) is 73.0 Å². The lowest BCUT2D eigenvalue weighted by atomic mass is 10.3. The molecule has 1 spiro atoms. The van der Waals surface area contributed by atoms with Crippen molar-refractivity contribution < 1.29 is 19.8 Å². The lowest BCUT2D eigenvalue weighted by molar-refractivity contribution is -0.143. The molecule has 0 saturated carbocycles. The fourth-order valence-corrected chi connectivity index (χ4v) is 6.38. The highest BCUT2D eigenvalue weighted by molar-refractivity contribution is 8.18. The number of hydrogen-bond donors (Lipinski definition) is 2. The summed E-state index contributed by atoms with van der Waals surface area (Å²) in [7, 11) is 0. The maximum atomic E-state index is 11.1. The Labute approximate surface area is 106 Å². The number of aliphatic carboxylic acids is 2. The van der Waals surface area contributed by atoms with Gasteiger partial charge in [-0.15, -0.1) is 23.5 Å². The van der Waals surface area contributed by atoms with Gasteiger partial charge in [0.05, 0.1) is 0 Å². The number of nitrogens with zero attached hydrogens (tertiary/aromatic N) is 2. The largest absolute Gasteiger partial charge is 0.480 e. The molecule has 0 bridgehead atoms. The zero-order valence-electron chi connectivity index (χ0n) is 8.90. The van der Waals surface area contributed by atoms with Crippen molar-refractivity contribution in [1.82, 2.24) is 9.80 Å². The molecule has 0 radical (unpaired) electrons. The molecule has 0 aromatic heterocycles. The van der Waals surface area contributed by atoms with Gasteiger partial charge in [0.15, 0.2) is 4.33 Å². The highest BCUT2D eigenvalue weighted by Gasteiger charge is 2.63. The Morgan fingerprint density at radius 3 is 1.76 bits per heavy atom. The summed E-state index contributed by atoms with van der Waals surface area (Å²) in [6, 6.07) is -0.963. The van der Waals surface area contributed by atoms with Gasteiger partial charge in [-0.05, 0) is 0 Å². The van der Waals surface area contributed by atoms with Crippen LogP contribution in [0.3, 0.4) is 0 Å². The number of rotatable bonds is 2. The lowest BCUT2D eigenvalue weighted by Crippen LogP contribution is -2.49. The average molecular weight is 276 g/mol. The Balaban J connectivity index is 1.90. The molecule has 2 N–H and O–H groups in total. The number of carboxylic acid groups (broad SMARTS) is 2. The third kappa shape index (κ3) is 1.44. The second-order valence-electron chi connectivity index (χ2n) is 4.27. The van der Waals surface area contributed by atoms with Gasteiger partial charge in [0.25, 0.3) is 0 Å². The van der Waals surface area contributed by atoms with Gasteiger partial charge in [-0.3, -0.25) is 19.4 Å². The first-order chi connectivity index (χ1) is 8.06. The predicted octanol–water partition coefficient (Wildman–Crippen LogP) is -0.385. The van der Waals surface area contributed by atoms with Crippen molar-refractivity contribution in [2.75, 3.05) is 24.6 Å². The summed E-state index contributed by atoms with van der Waals surface area (Å²) in [6.07, 6.45) is 0. The molecule has 0 aromatic carbocycles. The van der Waals surface area contributed by atoms with Gasteiger partial charge in [0.1, 0.15) is 12.1 Å². The topological polar surface area (TPSA) is 81.1 Å². The van der Waals surface area contributed by atoms with E-state index in [0.717, 1.165) is 0 Å². The van der Waals surface area contributed by atoms with E-state index in [1.54, 1.807) is 23.5 Å². The summed E-state index contributed by atoms with van der Waals surface area (Å²) < 4.78 is -0.438. The number of carboxylic acids is 2. The molecule has 3 aliphatic rings. The van der Waals surface area contributed by atoms with Gasteiger partial charge in [-0.1, -0.05) is 0 Å². The Morgan fingerprint density at radius 2 is 1.41 bits per heavy atom. The molecule has 2 unspecified atom stereocenters. The molecule has 8 heteroatoms. The lowest BCUT2D eigenvalue weighted by Gasteiger charge is -2.33. The minimum atomic E-state index is -0.810. The fraction of sp³-hybridized carbons (Fsp3) is 0.778. The van der Waals surface area contributed by atoms with E-state index in [0.29, 0.717) is 24.6 Å². The second-order valence-corrected chi connectivity index (χ2v) is 6.91. The van der Waals surface area contributed by atoms with E-state index in [2.05, 4.69) is 0 Å². The van der Waals surface area contributed by atoms with Crippen molar-refractivity contribution >= 4 is 35.5 Å². The van der Waals surface area contributed by atoms with E-state index in [1.165, 1.54) is 0 Å². The molecule has 3 saturated heterocycles. The van der Waals surface area contributed by atoms with Gasteiger partial charge in [0.2, 0.25) is 0 Å². The van der Waals surface area contributed by atoms with Crippen molar-refractivity contribution in [3.63, 3.8) is 0 Å². The van der Waals surface area contributed by atoms with Crippen molar-refractivity contribution in [2.45, 2.75) is 16.4 Å². The third-order valence-electron chi connectivity index (χ3n) is 3.49. The van der Waals surface area contributed by atoms with Gasteiger partial charge in [-0.2, -0.15) is 0 Å². The van der Waals surface area contributed by atoms with Crippen LogP contribution in [-0.2, 0) is 9.59 Å². The predicted molar refractivity (Wildman–Crippen MR) is 63.9 cm³/mol. The van der Waals surface area contributed by atoms with E-state index < -0.39 is 28.3 Å². The van der Waals surface area contributed by atoms with Crippen molar-refractivity contribution in [2.24, 2.45) is 0 Å². The Bertz CT molecular complexity index is 355. The van der Waals surface area contributed by atoms with Crippen LogP contribution in [0.5, 0.6) is 0 Å². The smallest absolute Gasteiger partial charge is 0.321 e. The first kappa shape index (κ1) is 11.6. The Morgan fingerprint density at radius 1 is 1.00 bits per heavy atom. The number of thioether (sulfide) groups is 2. The fourth-order valence-electron chi connectivity index (χ4n) is 2.71. The zero-order chi connectivity index (χ0) is 12.2. The molecular formula is C9H12N2O4S2. The molecule has 94 valence electrons. The van der Waals surface area contributed by atoms with Crippen molar-refractivity contribution in [1.29, 1.82) is 0 Å². The Hall–Kier alpha value is -0.440. The average Bonchev–Trinajstić information content (AvgIpc) is 2.83. The third-order valence-corrected chi connectivity index (χ3v) is 6.85. The summed E-state index contributed by atoms with van der Waals surface area (Å²) in [4.78, 5) is 26.2. The van der Waals surface area contributed by atoms with Crippen LogP contribution < -0.4 is 0 Å². The number of hydrogen-bond acceptors (Lipinski definition) is 6. The molecular weight excluding hydrogens is 264 g/mol. The van der Waals surface area contributed by atoms with E-state index in [9.17, 15) is 9.59 Å². The maximum absolute atomic E-state index is 11.1. The van der Waals surface area contributed by atoms with Crippen LogP contribution in [0.2, 0.25) is 0 Å². The molecule has 17 heavy (non-hydrogen) atoms. The van der Waals surface area contributed by atoms with Gasteiger partial charge < -0.3 is 10.2 Å². The SMILES string of the molecule is O=C(O)C1CSC23SCC(C(=O)O)N2CCN13.